The Labute approximate surface area is 122 Å². The second-order valence-corrected chi connectivity index (χ2v) is 6.06. The first-order chi connectivity index (χ1) is 9.61. The van der Waals surface area contributed by atoms with Gasteiger partial charge in [0.05, 0.1) is 0 Å². The van der Waals surface area contributed by atoms with E-state index in [1.165, 1.54) is 24.9 Å². The highest BCUT2D eigenvalue weighted by Crippen LogP contribution is 2.30. The Morgan fingerprint density at radius 2 is 2.15 bits per heavy atom. The van der Waals surface area contributed by atoms with Crippen molar-refractivity contribution in [3.63, 3.8) is 0 Å². The number of hydrogen-bond donors (Lipinski definition) is 1. The maximum atomic E-state index is 13.6. The zero-order valence-electron chi connectivity index (χ0n) is 13.0. The van der Waals surface area contributed by atoms with Crippen LogP contribution in [0.1, 0.15) is 52.0 Å². The van der Waals surface area contributed by atoms with Gasteiger partial charge in [-0.25, -0.2) is 4.39 Å². The van der Waals surface area contributed by atoms with Crippen LogP contribution in [0, 0.1) is 5.82 Å². The fourth-order valence-electron chi connectivity index (χ4n) is 3.03. The summed E-state index contributed by atoms with van der Waals surface area (Å²) >= 11 is 0. The van der Waals surface area contributed by atoms with E-state index in [1.807, 2.05) is 6.07 Å². The van der Waals surface area contributed by atoms with Crippen LogP contribution in [0.5, 0.6) is 0 Å². The van der Waals surface area contributed by atoms with Gasteiger partial charge in [-0.15, -0.1) is 0 Å². The van der Waals surface area contributed by atoms with Crippen LogP contribution in [0.25, 0.3) is 0 Å². The monoisotopic (exact) mass is 278 g/mol. The Balaban J connectivity index is 2.24. The Bertz CT molecular complexity index is 431. The van der Waals surface area contributed by atoms with Crippen molar-refractivity contribution >= 4 is 5.69 Å². The molecule has 1 atom stereocenters. The molecule has 1 aliphatic heterocycles. The third-order valence-electron chi connectivity index (χ3n) is 4.15. The number of piperidine rings is 1. The first-order valence-electron chi connectivity index (χ1n) is 7.90. The minimum atomic E-state index is -0.139. The van der Waals surface area contributed by atoms with Gasteiger partial charge in [0.25, 0.3) is 0 Å². The molecule has 0 saturated carbocycles. The number of rotatable bonds is 5. The van der Waals surface area contributed by atoms with Gasteiger partial charge in [0.15, 0.2) is 0 Å². The maximum Gasteiger partial charge on any atom is 0.123 e. The molecular formula is C17H27FN2. The van der Waals surface area contributed by atoms with E-state index >= 15 is 0 Å². The zero-order valence-corrected chi connectivity index (χ0v) is 13.0. The molecule has 1 aromatic rings. The van der Waals surface area contributed by atoms with Crippen molar-refractivity contribution < 1.29 is 4.39 Å². The highest BCUT2D eigenvalue weighted by molar-refractivity contribution is 5.55. The van der Waals surface area contributed by atoms with E-state index in [2.05, 4.69) is 31.0 Å². The Kier molecular flexibility index (Phi) is 5.41. The lowest BCUT2D eigenvalue weighted by Gasteiger charge is -2.38. The fourth-order valence-corrected chi connectivity index (χ4v) is 3.03. The van der Waals surface area contributed by atoms with Gasteiger partial charge in [-0.2, -0.15) is 0 Å². The molecule has 0 aromatic heterocycles. The molecule has 3 heteroatoms. The number of hydrogen-bond acceptors (Lipinski definition) is 2. The van der Waals surface area contributed by atoms with Crippen molar-refractivity contribution in [3.8, 4) is 0 Å². The van der Waals surface area contributed by atoms with Crippen LogP contribution in [0.15, 0.2) is 18.2 Å². The molecule has 1 fully saturated rings. The number of anilines is 1. The first kappa shape index (κ1) is 15.3. The van der Waals surface area contributed by atoms with Gasteiger partial charge in [0.2, 0.25) is 0 Å². The summed E-state index contributed by atoms with van der Waals surface area (Å²) in [5.74, 6) is -0.139. The highest BCUT2D eigenvalue weighted by atomic mass is 19.1. The molecule has 2 nitrogen and oxygen atoms in total. The first-order valence-corrected chi connectivity index (χ1v) is 7.90. The second kappa shape index (κ2) is 7.07. The summed E-state index contributed by atoms with van der Waals surface area (Å²) in [6.45, 7) is 8.32. The normalized spacial score (nSPS) is 19.6. The van der Waals surface area contributed by atoms with Gasteiger partial charge in [0.1, 0.15) is 5.82 Å². The Morgan fingerprint density at radius 3 is 2.85 bits per heavy atom. The minimum absolute atomic E-state index is 0.139. The van der Waals surface area contributed by atoms with Crippen molar-refractivity contribution in [2.24, 2.45) is 0 Å². The summed E-state index contributed by atoms with van der Waals surface area (Å²) in [4.78, 5) is 2.49. The summed E-state index contributed by atoms with van der Waals surface area (Å²) in [6.07, 6.45) is 4.97. The molecule has 1 aliphatic rings. The van der Waals surface area contributed by atoms with Crippen molar-refractivity contribution in [2.45, 2.75) is 65.1 Å². The minimum Gasteiger partial charge on any atom is -0.368 e. The molecule has 0 amide bonds. The van der Waals surface area contributed by atoms with E-state index in [-0.39, 0.29) is 5.82 Å². The molecule has 112 valence electrons. The molecule has 20 heavy (non-hydrogen) atoms. The molecule has 2 rings (SSSR count). The van der Waals surface area contributed by atoms with Crippen LogP contribution in [-0.4, -0.2) is 18.6 Å². The average Bonchev–Trinajstić information content (AvgIpc) is 2.45. The lowest BCUT2D eigenvalue weighted by Crippen LogP contribution is -2.40. The van der Waals surface area contributed by atoms with E-state index in [4.69, 9.17) is 0 Å². The largest absolute Gasteiger partial charge is 0.368 e. The van der Waals surface area contributed by atoms with Gasteiger partial charge >= 0.3 is 0 Å². The molecule has 0 bridgehead atoms. The highest BCUT2D eigenvalue weighted by Gasteiger charge is 2.23. The van der Waals surface area contributed by atoms with Crippen LogP contribution in [0.3, 0.4) is 0 Å². The van der Waals surface area contributed by atoms with Crippen LogP contribution >= 0.6 is 0 Å². The molecule has 0 radical (unpaired) electrons. The quantitative estimate of drug-likeness (QED) is 0.872. The van der Waals surface area contributed by atoms with Crippen molar-refractivity contribution in [3.05, 3.63) is 29.6 Å². The van der Waals surface area contributed by atoms with Crippen LogP contribution in [0.4, 0.5) is 10.1 Å². The maximum absolute atomic E-state index is 13.6. The summed E-state index contributed by atoms with van der Waals surface area (Å²) in [6, 6.07) is 6.25. The predicted octanol–water partition coefficient (Wildman–Crippen LogP) is 4.09. The predicted molar refractivity (Wildman–Crippen MR) is 83.7 cm³/mol. The summed E-state index contributed by atoms with van der Waals surface area (Å²) in [5, 5.41) is 3.41. The van der Waals surface area contributed by atoms with Crippen LogP contribution in [-0.2, 0) is 6.54 Å². The van der Waals surface area contributed by atoms with Gasteiger partial charge in [-0.05, 0) is 49.4 Å². The standard InChI is InChI=1S/C17H27FN2/c1-4-16-7-5-6-10-20(16)17-9-8-15(18)11-14(17)12-19-13(2)3/h8-9,11,13,16,19H,4-7,10,12H2,1-3H3. The van der Waals surface area contributed by atoms with Crippen molar-refractivity contribution in [1.82, 2.24) is 5.32 Å². The van der Waals surface area contributed by atoms with E-state index in [9.17, 15) is 4.39 Å². The zero-order chi connectivity index (χ0) is 14.5. The molecule has 1 aromatic carbocycles. The molecular weight excluding hydrogens is 251 g/mol. The van der Waals surface area contributed by atoms with Crippen molar-refractivity contribution in [1.29, 1.82) is 0 Å². The third-order valence-corrected chi connectivity index (χ3v) is 4.15. The van der Waals surface area contributed by atoms with E-state index < -0.39 is 0 Å². The topological polar surface area (TPSA) is 15.3 Å². The van der Waals surface area contributed by atoms with Crippen LogP contribution < -0.4 is 10.2 Å². The number of nitrogens with one attached hydrogen (secondary N) is 1. The summed E-state index contributed by atoms with van der Waals surface area (Å²) in [7, 11) is 0. The van der Waals surface area contributed by atoms with E-state index in [0.717, 1.165) is 25.1 Å². The molecule has 1 heterocycles. The summed E-state index contributed by atoms with van der Waals surface area (Å²) < 4.78 is 13.6. The van der Waals surface area contributed by atoms with Gasteiger partial charge in [-0.3, -0.25) is 0 Å². The summed E-state index contributed by atoms with van der Waals surface area (Å²) in [5.41, 5.74) is 2.30. The van der Waals surface area contributed by atoms with Crippen LogP contribution in [0.2, 0.25) is 0 Å². The molecule has 1 N–H and O–H groups in total. The van der Waals surface area contributed by atoms with E-state index in [1.54, 1.807) is 12.1 Å². The number of nitrogens with zero attached hydrogens (tertiary/aromatic N) is 1. The molecule has 0 spiro atoms. The molecule has 0 aliphatic carbocycles. The number of benzene rings is 1. The van der Waals surface area contributed by atoms with Crippen molar-refractivity contribution in [2.75, 3.05) is 11.4 Å². The molecule has 1 unspecified atom stereocenters. The smallest absolute Gasteiger partial charge is 0.123 e. The fraction of sp³-hybridized carbons (Fsp3) is 0.647. The lowest BCUT2D eigenvalue weighted by atomic mass is 9.98. The number of halogens is 1. The Hall–Kier alpha value is -1.09. The molecule has 1 saturated heterocycles. The third kappa shape index (κ3) is 3.72. The van der Waals surface area contributed by atoms with Gasteiger partial charge < -0.3 is 10.2 Å². The second-order valence-electron chi connectivity index (χ2n) is 6.06. The SMILES string of the molecule is CCC1CCCCN1c1ccc(F)cc1CNC(C)C. The van der Waals surface area contributed by atoms with E-state index in [0.29, 0.717) is 12.1 Å². The average molecular weight is 278 g/mol. The Morgan fingerprint density at radius 1 is 1.35 bits per heavy atom. The van der Waals surface area contributed by atoms with Gasteiger partial charge in [0, 0.05) is 30.9 Å². The lowest BCUT2D eigenvalue weighted by molar-refractivity contribution is 0.448. The van der Waals surface area contributed by atoms with Gasteiger partial charge in [-0.1, -0.05) is 20.8 Å².